The Kier molecular flexibility index (Phi) is 5.47. The van der Waals surface area contributed by atoms with Crippen LogP contribution in [0.5, 0.6) is 11.5 Å². The SMILES string of the molecule is COc1ccc(-c2cc(-c3ccc(OC)cc3)n(-c3cc(Cl)ccc3Cl)n2)cc1. The number of hydrogen-bond donors (Lipinski definition) is 0. The van der Waals surface area contributed by atoms with Crippen molar-refractivity contribution in [2.24, 2.45) is 0 Å². The fourth-order valence-electron chi connectivity index (χ4n) is 3.08. The van der Waals surface area contributed by atoms with Gasteiger partial charge in [-0.05, 0) is 72.8 Å². The minimum Gasteiger partial charge on any atom is -0.497 e. The standard InChI is InChI=1S/C23H18Cl2N2O2/c1-28-18-8-3-15(4-9-18)21-14-22(16-5-10-19(29-2)11-6-16)27(26-21)23-13-17(24)7-12-20(23)25/h3-14H,1-2H3. The number of benzene rings is 3. The third-order valence-corrected chi connectivity index (χ3v) is 5.17. The van der Waals surface area contributed by atoms with Crippen molar-refractivity contribution in [2.75, 3.05) is 14.2 Å². The average molecular weight is 425 g/mol. The zero-order chi connectivity index (χ0) is 20.4. The summed E-state index contributed by atoms with van der Waals surface area (Å²) in [4.78, 5) is 0. The van der Waals surface area contributed by atoms with Gasteiger partial charge in [-0.25, -0.2) is 4.68 Å². The van der Waals surface area contributed by atoms with Crippen LogP contribution in [-0.4, -0.2) is 24.0 Å². The van der Waals surface area contributed by atoms with Gasteiger partial charge >= 0.3 is 0 Å². The zero-order valence-electron chi connectivity index (χ0n) is 15.9. The van der Waals surface area contributed by atoms with E-state index in [-0.39, 0.29) is 0 Å². The molecule has 0 amide bonds. The van der Waals surface area contributed by atoms with Crippen LogP contribution < -0.4 is 9.47 Å². The molecular formula is C23H18Cl2N2O2. The van der Waals surface area contributed by atoms with Gasteiger partial charge in [-0.2, -0.15) is 5.10 Å². The summed E-state index contributed by atoms with van der Waals surface area (Å²) >= 11 is 12.7. The van der Waals surface area contributed by atoms with Gasteiger partial charge < -0.3 is 9.47 Å². The number of halogens is 2. The largest absolute Gasteiger partial charge is 0.497 e. The van der Waals surface area contributed by atoms with Gasteiger partial charge in [0.1, 0.15) is 11.5 Å². The van der Waals surface area contributed by atoms with E-state index in [0.717, 1.165) is 34.0 Å². The monoisotopic (exact) mass is 424 g/mol. The number of hydrogen-bond acceptors (Lipinski definition) is 3. The predicted octanol–water partition coefficient (Wildman–Crippen LogP) is 6.53. The first kappa shape index (κ1) is 19.4. The van der Waals surface area contributed by atoms with E-state index in [1.807, 2.05) is 65.3 Å². The summed E-state index contributed by atoms with van der Waals surface area (Å²) < 4.78 is 12.3. The van der Waals surface area contributed by atoms with Crippen LogP contribution in [0.1, 0.15) is 0 Å². The summed E-state index contributed by atoms with van der Waals surface area (Å²) in [6.45, 7) is 0. The van der Waals surface area contributed by atoms with E-state index in [0.29, 0.717) is 15.7 Å². The van der Waals surface area contributed by atoms with E-state index in [9.17, 15) is 0 Å². The molecule has 6 heteroatoms. The van der Waals surface area contributed by atoms with Crippen LogP contribution in [0.15, 0.2) is 72.8 Å². The quantitative estimate of drug-likeness (QED) is 0.365. The van der Waals surface area contributed by atoms with Crippen molar-refractivity contribution in [3.8, 4) is 39.7 Å². The molecule has 1 heterocycles. The Bertz CT molecular complexity index is 1140. The second-order valence-corrected chi connectivity index (χ2v) is 7.22. The van der Waals surface area contributed by atoms with Gasteiger partial charge in [0.05, 0.1) is 36.3 Å². The highest BCUT2D eigenvalue weighted by atomic mass is 35.5. The molecule has 4 nitrogen and oxygen atoms in total. The van der Waals surface area contributed by atoms with Gasteiger partial charge in [-0.3, -0.25) is 0 Å². The minimum atomic E-state index is 0.563. The Balaban J connectivity index is 1.88. The molecule has 4 rings (SSSR count). The highest BCUT2D eigenvalue weighted by Gasteiger charge is 2.16. The summed E-state index contributed by atoms with van der Waals surface area (Å²) in [6, 6.07) is 22.9. The van der Waals surface area contributed by atoms with E-state index in [4.69, 9.17) is 37.8 Å². The number of nitrogens with zero attached hydrogens (tertiary/aromatic N) is 2. The van der Waals surface area contributed by atoms with Crippen molar-refractivity contribution in [1.82, 2.24) is 9.78 Å². The Morgan fingerprint density at radius 3 is 1.90 bits per heavy atom. The molecule has 0 saturated carbocycles. The summed E-state index contributed by atoms with van der Waals surface area (Å²) in [5.74, 6) is 1.58. The lowest BCUT2D eigenvalue weighted by molar-refractivity contribution is 0.414. The second kappa shape index (κ2) is 8.19. The summed E-state index contributed by atoms with van der Waals surface area (Å²) in [7, 11) is 3.29. The fraction of sp³-hybridized carbons (Fsp3) is 0.0870. The van der Waals surface area contributed by atoms with Gasteiger partial charge in [0.25, 0.3) is 0 Å². The van der Waals surface area contributed by atoms with Crippen LogP contribution in [-0.2, 0) is 0 Å². The average Bonchev–Trinajstić information content (AvgIpc) is 3.20. The number of rotatable bonds is 5. The molecule has 0 aliphatic heterocycles. The lowest BCUT2D eigenvalue weighted by Crippen LogP contribution is -2.00. The van der Waals surface area contributed by atoms with Crippen LogP contribution in [0, 0.1) is 0 Å². The molecule has 4 aromatic rings. The Hall–Kier alpha value is -2.95. The molecule has 0 aliphatic carbocycles. The highest BCUT2D eigenvalue weighted by Crippen LogP contribution is 2.33. The number of ether oxygens (including phenoxy) is 2. The van der Waals surface area contributed by atoms with E-state index < -0.39 is 0 Å². The molecule has 0 atom stereocenters. The van der Waals surface area contributed by atoms with Crippen LogP contribution in [0.2, 0.25) is 10.0 Å². The van der Waals surface area contributed by atoms with Crippen LogP contribution in [0.3, 0.4) is 0 Å². The third-order valence-electron chi connectivity index (χ3n) is 4.62. The van der Waals surface area contributed by atoms with E-state index in [2.05, 4.69) is 0 Å². The summed E-state index contributed by atoms with van der Waals surface area (Å²) in [6.07, 6.45) is 0. The van der Waals surface area contributed by atoms with E-state index in [1.54, 1.807) is 26.4 Å². The normalized spacial score (nSPS) is 10.8. The summed E-state index contributed by atoms with van der Waals surface area (Å²) in [5, 5.41) is 5.98. The van der Waals surface area contributed by atoms with Crippen molar-refractivity contribution in [1.29, 1.82) is 0 Å². The van der Waals surface area contributed by atoms with E-state index in [1.165, 1.54) is 0 Å². The molecule has 0 unspecified atom stereocenters. The predicted molar refractivity (Wildman–Crippen MR) is 118 cm³/mol. The molecular weight excluding hydrogens is 407 g/mol. The van der Waals surface area contributed by atoms with Crippen LogP contribution in [0.4, 0.5) is 0 Å². The molecule has 3 aromatic carbocycles. The van der Waals surface area contributed by atoms with Gasteiger partial charge in [0.15, 0.2) is 0 Å². The van der Waals surface area contributed by atoms with Crippen LogP contribution >= 0.6 is 23.2 Å². The zero-order valence-corrected chi connectivity index (χ0v) is 17.4. The molecule has 0 saturated heterocycles. The first-order chi connectivity index (χ1) is 14.1. The van der Waals surface area contributed by atoms with Crippen LogP contribution in [0.25, 0.3) is 28.2 Å². The van der Waals surface area contributed by atoms with Gasteiger partial charge in [0.2, 0.25) is 0 Å². The molecule has 0 radical (unpaired) electrons. The first-order valence-corrected chi connectivity index (χ1v) is 9.69. The molecule has 0 bridgehead atoms. The molecule has 0 N–H and O–H groups in total. The van der Waals surface area contributed by atoms with Gasteiger partial charge in [0, 0.05) is 16.1 Å². The van der Waals surface area contributed by atoms with Crippen molar-refractivity contribution in [3.63, 3.8) is 0 Å². The lowest BCUT2D eigenvalue weighted by atomic mass is 10.1. The third kappa shape index (κ3) is 3.95. The minimum absolute atomic E-state index is 0.563. The Morgan fingerprint density at radius 1 is 0.724 bits per heavy atom. The topological polar surface area (TPSA) is 36.3 Å². The maximum absolute atomic E-state index is 6.48. The Labute approximate surface area is 179 Å². The van der Waals surface area contributed by atoms with Crippen molar-refractivity contribution in [3.05, 3.63) is 82.8 Å². The molecule has 0 spiro atoms. The molecule has 1 aromatic heterocycles. The van der Waals surface area contributed by atoms with Crippen molar-refractivity contribution < 1.29 is 9.47 Å². The van der Waals surface area contributed by atoms with E-state index >= 15 is 0 Å². The summed E-state index contributed by atoms with van der Waals surface area (Å²) in [5.41, 5.74) is 4.37. The number of aromatic nitrogens is 2. The molecule has 0 aliphatic rings. The van der Waals surface area contributed by atoms with Gasteiger partial charge in [-0.15, -0.1) is 0 Å². The Morgan fingerprint density at radius 2 is 1.31 bits per heavy atom. The molecule has 29 heavy (non-hydrogen) atoms. The lowest BCUT2D eigenvalue weighted by Gasteiger charge is -2.10. The first-order valence-electron chi connectivity index (χ1n) is 8.93. The van der Waals surface area contributed by atoms with Crippen molar-refractivity contribution >= 4 is 23.2 Å². The number of methoxy groups -OCH3 is 2. The van der Waals surface area contributed by atoms with Crippen molar-refractivity contribution in [2.45, 2.75) is 0 Å². The second-order valence-electron chi connectivity index (χ2n) is 6.38. The maximum Gasteiger partial charge on any atom is 0.118 e. The van der Waals surface area contributed by atoms with Gasteiger partial charge in [-0.1, -0.05) is 23.2 Å². The fourth-order valence-corrected chi connectivity index (χ4v) is 3.45. The highest BCUT2D eigenvalue weighted by molar-refractivity contribution is 6.34. The molecule has 0 fully saturated rings. The maximum atomic E-state index is 6.48. The smallest absolute Gasteiger partial charge is 0.118 e. The molecule has 146 valence electrons.